The van der Waals surface area contributed by atoms with Crippen LogP contribution in [0.5, 0.6) is 0 Å². The summed E-state index contributed by atoms with van der Waals surface area (Å²) in [7, 11) is 0. The van der Waals surface area contributed by atoms with E-state index in [0.29, 0.717) is 6.61 Å². The summed E-state index contributed by atoms with van der Waals surface area (Å²) in [5, 5.41) is 2.07. The Morgan fingerprint density at radius 2 is 1.95 bits per heavy atom. The van der Waals surface area contributed by atoms with Crippen LogP contribution in [0, 0.1) is 0 Å². The Kier molecular flexibility index (Phi) is 2.88. The molecule has 0 aliphatic carbocycles. The molecule has 0 spiro atoms. The van der Waals surface area contributed by atoms with Crippen molar-refractivity contribution in [3.8, 4) is 0 Å². The van der Waals surface area contributed by atoms with Gasteiger partial charge in [0.25, 0.3) is 0 Å². The van der Waals surface area contributed by atoms with E-state index in [1.54, 1.807) is 22.7 Å². The summed E-state index contributed by atoms with van der Waals surface area (Å²) < 4.78 is 8.11. The van der Waals surface area contributed by atoms with Gasteiger partial charge in [0.2, 0.25) is 0 Å². The lowest BCUT2D eigenvalue weighted by Crippen LogP contribution is -1.92. The second-order valence-corrected chi connectivity index (χ2v) is 7.18. The fraction of sp³-hybridized carbons (Fsp3) is 0.200. The van der Waals surface area contributed by atoms with Crippen LogP contribution in [0.1, 0.15) is 26.9 Å². The Morgan fingerprint density at radius 1 is 1.05 bits per heavy atom. The van der Waals surface area contributed by atoms with Crippen LogP contribution < -0.4 is 0 Å². The molecule has 1 nitrogen and oxygen atoms in total. The monoisotopic (exact) mass is 306 g/mol. The smallest absolute Gasteiger partial charge is 0.0928 e. The van der Waals surface area contributed by atoms with Crippen LogP contribution >= 0.6 is 34.3 Å². The van der Waals surface area contributed by atoms with Gasteiger partial charge in [-0.3, -0.25) is 0 Å². The van der Waals surface area contributed by atoms with Crippen LogP contribution in [0.4, 0.5) is 0 Å². The quantitative estimate of drug-likeness (QED) is 0.582. The average Bonchev–Trinajstić information content (AvgIpc) is 3.11. The molecule has 1 aromatic carbocycles. The molecule has 3 aromatic rings. The van der Waals surface area contributed by atoms with Crippen LogP contribution in [-0.4, -0.2) is 0 Å². The molecule has 3 heterocycles. The van der Waals surface area contributed by atoms with E-state index in [2.05, 4.69) is 35.7 Å². The number of rotatable bonds is 2. The van der Waals surface area contributed by atoms with Gasteiger partial charge >= 0.3 is 0 Å². The molecule has 1 unspecified atom stereocenters. The summed E-state index contributed by atoms with van der Waals surface area (Å²) in [5.74, 6) is 0. The number of ether oxygens (including phenoxy) is 1. The highest BCUT2D eigenvalue weighted by Crippen LogP contribution is 2.39. The SMILES string of the molecule is ClC(c1ccc2c(c1)COC2)c1cc2sccc2s1. The van der Waals surface area contributed by atoms with Gasteiger partial charge in [-0.15, -0.1) is 34.3 Å². The Hall–Kier alpha value is -0.870. The Bertz CT molecular complexity index is 715. The molecule has 2 aromatic heterocycles. The molecule has 0 saturated heterocycles. The van der Waals surface area contributed by atoms with Gasteiger partial charge in [0.05, 0.1) is 18.6 Å². The van der Waals surface area contributed by atoms with E-state index in [1.165, 1.54) is 31.0 Å². The van der Waals surface area contributed by atoms with E-state index in [-0.39, 0.29) is 5.38 Å². The van der Waals surface area contributed by atoms with Crippen molar-refractivity contribution >= 4 is 43.7 Å². The van der Waals surface area contributed by atoms with Gasteiger partial charge in [0.15, 0.2) is 0 Å². The molecule has 0 radical (unpaired) electrons. The highest BCUT2D eigenvalue weighted by atomic mass is 35.5. The number of hydrogen-bond acceptors (Lipinski definition) is 3. The predicted molar refractivity (Wildman–Crippen MR) is 82.3 cm³/mol. The van der Waals surface area contributed by atoms with Gasteiger partial charge in [-0.1, -0.05) is 18.2 Å². The Balaban J connectivity index is 1.73. The zero-order valence-electron chi connectivity index (χ0n) is 10.1. The molecule has 1 aliphatic rings. The lowest BCUT2D eigenvalue weighted by atomic mass is 10.0. The fourth-order valence-corrected chi connectivity index (χ4v) is 4.88. The van der Waals surface area contributed by atoms with Crippen LogP contribution in [-0.2, 0) is 18.0 Å². The first-order valence-corrected chi connectivity index (χ1v) is 8.25. The van der Waals surface area contributed by atoms with Crippen LogP contribution in [0.15, 0.2) is 35.7 Å². The second kappa shape index (κ2) is 4.60. The third-order valence-electron chi connectivity index (χ3n) is 3.45. The first-order chi connectivity index (χ1) is 9.31. The third-order valence-corrected chi connectivity index (χ3v) is 6.22. The molecular formula is C15H11ClOS2. The van der Waals surface area contributed by atoms with Crippen molar-refractivity contribution in [2.75, 3.05) is 0 Å². The molecule has 19 heavy (non-hydrogen) atoms. The van der Waals surface area contributed by atoms with E-state index in [0.717, 1.165) is 6.61 Å². The van der Waals surface area contributed by atoms with Gasteiger partial charge in [0, 0.05) is 14.3 Å². The lowest BCUT2D eigenvalue weighted by molar-refractivity contribution is 0.134. The summed E-state index contributed by atoms with van der Waals surface area (Å²) >= 11 is 10.2. The summed E-state index contributed by atoms with van der Waals surface area (Å²) in [6.07, 6.45) is 0. The minimum atomic E-state index is -0.0597. The molecule has 0 fully saturated rings. The van der Waals surface area contributed by atoms with Gasteiger partial charge in [-0.2, -0.15) is 0 Å². The topological polar surface area (TPSA) is 9.23 Å². The van der Waals surface area contributed by atoms with E-state index in [9.17, 15) is 0 Å². The molecular weight excluding hydrogens is 296 g/mol. The zero-order chi connectivity index (χ0) is 12.8. The molecule has 0 saturated carbocycles. The summed E-state index contributed by atoms with van der Waals surface area (Å²) in [4.78, 5) is 1.22. The number of alkyl halides is 1. The first kappa shape index (κ1) is 11.9. The molecule has 4 heteroatoms. The maximum absolute atomic E-state index is 6.64. The van der Waals surface area contributed by atoms with Crippen molar-refractivity contribution < 1.29 is 4.74 Å². The van der Waals surface area contributed by atoms with Crippen LogP contribution in [0.3, 0.4) is 0 Å². The van der Waals surface area contributed by atoms with E-state index >= 15 is 0 Å². The number of benzene rings is 1. The summed E-state index contributed by atoms with van der Waals surface area (Å²) in [6.45, 7) is 1.45. The minimum absolute atomic E-state index is 0.0597. The van der Waals surface area contributed by atoms with Crippen LogP contribution in [0.2, 0.25) is 0 Å². The van der Waals surface area contributed by atoms with Crippen molar-refractivity contribution in [2.45, 2.75) is 18.6 Å². The summed E-state index contributed by atoms with van der Waals surface area (Å²) in [6, 6.07) is 10.8. The van der Waals surface area contributed by atoms with E-state index in [1.807, 2.05) is 0 Å². The maximum atomic E-state index is 6.64. The molecule has 0 N–H and O–H groups in total. The molecule has 0 bridgehead atoms. The fourth-order valence-electron chi connectivity index (χ4n) is 2.42. The van der Waals surface area contributed by atoms with Crippen molar-refractivity contribution in [2.24, 2.45) is 0 Å². The zero-order valence-corrected chi connectivity index (χ0v) is 12.4. The minimum Gasteiger partial charge on any atom is -0.372 e. The molecule has 1 atom stereocenters. The van der Waals surface area contributed by atoms with E-state index in [4.69, 9.17) is 16.3 Å². The average molecular weight is 307 g/mol. The highest BCUT2D eigenvalue weighted by molar-refractivity contribution is 7.27. The van der Waals surface area contributed by atoms with Crippen molar-refractivity contribution in [1.29, 1.82) is 0 Å². The van der Waals surface area contributed by atoms with Crippen molar-refractivity contribution in [3.05, 3.63) is 57.3 Å². The molecule has 1 aliphatic heterocycles. The Morgan fingerprint density at radius 3 is 2.84 bits per heavy atom. The number of thiophene rings is 2. The van der Waals surface area contributed by atoms with Gasteiger partial charge in [-0.25, -0.2) is 0 Å². The highest BCUT2D eigenvalue weighted by Gasteiger charge is 2.18. The van der Waals surface area contributed by atoms with Crippen molar-refractivity contribution in [3.63, 3.8) is 0 Å². The first-order valence-electron chi connectivity index (χ1n) is 6.12. The predicted octanol–water partition coefficient (Wildman–Crippen LogP) is 5.32. The second-order valence-electron chi connectivity index (χ2n) is 4.68. The number of halogens is 1. The number of fused-ring (bicyclic) bond motifs is 2. The standard InChI is InChI=1S/C15H11ClOS2/c16-15(14-6-13-12(19-14)3-4-18-13)9-1-2-10-7-17-8-11(10)5-9/h1-6,15H,7-8H2. The van der Waals surface area contributed by atoms with Gasteiger partial charge in [0.1, 0.15) is 0 Å². The van der Waals surface area contributed by atoms with Gasteiger partial charge < -0.3 is 4.74 Å². The normalized spacial score (nSPS) is 15.8. The Labute approximate surface area is 124 Å². The van der Waals surface area contributed by atoms with E-state index < -0.39 is 0 Å². The molecule has 96 valence electrons. The maximum Gasteiger partial charge on any atom is 0.0928 e. The van der Waals surface area contributed by atoms with Gasteiger partial charge in [-0.05, 0) is 34.2 Å². The van der Waals surface area contributed by atoms with Crippen LogP contribution in [0.25, 0.3) is 9.40 Å². The third kappa shape index (κ3) is 2.01. The largest absolute Gasteiger partial charge is 0.372 e. The lowest BCUT2D eigenvalue weighted by Gasteiger charge is -2.09. The molecule has 0 amide bonds. The van der Waals surface area contributed by atoms with Crippen molar-refractivity contribution in [1.82, 2.24) is 0 Å². The summed E-state index contributed by atoms with van der Waals surface area (Å²) in [5.41, 5.74) is 3.74. The number of hydrogen-bond donors (Lipinski definition) is 0. The molecule has 4 rings (SSSR count).